The van der Waals surface area contributed by atoms with Crippen LogP contribution >= 0.6 is 31.9 Å². The molecule has 0 aliphatic heterocycles. The van der Waals surface area contributed by atoms with Crippen LogP contribution in [0.5, 0.6) is 5.75 Å². The Kier molecular flexibility index (Phi) is 5.35. The first-order valence-electron chi connectivity index (χ1n) is 6.13. The summed E-state index contributed by atoms with van der Waals surface area (Å²) >= 11 is 6.45. The third-order valence-corrected chi connectivity index (χ3v) is 4.08. The van der Waals surface area contributed by atoms with Crippen LogP contribution in [-0.4, -0.2) is 14.2 Å². The Hall–Kier alpha value is -0.980. The summed E-state index contributed by atoms with van der Waals surface area (Å²) in [6, 6.07) is 7.16. The minimum atomic E-state index is -0.662. The summed E-state index contributed by atoms with van der Waals surface area (Å²) in [5, 5.41) is 2.94. The molecule has 6 heteroatoms. The number of ether oxygens (including phenoxy) is 1. The third kappa shape index (κ3) is 3.44. The Balaban J connectivity index is 2.63. The van der Waals surface area contributed by atoms with Gasteiger partial charge in [-0.1, -0.05) is 31.9 Å². The lowest BCUT2D eigenvalue weighted by Gasteiger charge is -2.21. The van der Waals surface area contributed by atoms with E-state index in [0.717, 1.165) is 4.47 Å². The summed E-state index contributed by atoms with van der Waals surface area (Å²) in [5.74, 6) is -0.689. The van der Waals surface area contributed by atoms with Crippen LogP contribution in [0.1, 0.15) is 17.2 Å². The molecule has 21 heavy (non-hydrogen) atoms. The van der Waals surface area contributed by atoms with Crippen LogP contribution in [-0.2, 0) is 0 Å². The minimum absolute atomic E-state index is 0.0444. The summed E-state index contributed by atoms with van der Waals surface area (Å²) in [4.78, 5) is 0. The van der Waals surface area contributed by atoms with Gasteiger partial charge in [0.2, 0.25) is 0 Å². The highest BCUT2D eigenvalue weighted by molar-refractivity contribution is 9.10. The van der Waals surface area contributed by atoms with Crippen molar-refractivity contribution >= 4 is 31.9 Å². The molecule has 0 saturated heterocycles. The van der Waals surface area contributed by atoms with E-state index >= 15 is 0 Å². The van der Waals surface area contributed by atoms with Crippen LogP contribution in [0.3, 0.4) is 0 Å². The van der Waals surface area contributed by atoms with E-state index in [4.69, 9.17) is 4.74 Å². The van der Waals surface area contributed by atoms with Gasteiger partial charge in [0.15, 0.2) is 0 Å². The first-order valence-corrected chi connectivity index (χ1v) is 7.71. The Morgan fingerprint density at radius 1 is 1.05 bits per heavy atom. The molecule has 1 N–H and O–H groups in total. The molecule has 0 aliphatic carbocycles. The van der Waals surface area contributed by atoms with Crippen molar-refractivity contribution in [2.45, 2.75) is 6.04 Å². The van der Waals surface area contributed by atoms with Crippen LogP contribution in [0.4, 0.5) is 8.78 Å². The Bertz CT molecular complexity index is 641. The Morgan fingerprint density at radius 2 is 1.67 bits per heavy atom. The molecule has 0 heterocycles. The first kappa shape index (κ1) is 16.4. The maximum absolute atomic E-state index is 14.2. The van der Waals surface area contributed by atoms with Crippen molar-refractivity contribution < 1.29 is 13.5 Å². The maximum Gasteiger partial charge on any atom is 0.132 e. The van der Waals surface area contributed by atoms with E-state index in [9.17, 15) is 8.78 Å². The minimum Gasteiger partial charge on any atom is -0.496 e. The molecule has 1 unspecified atom stereocenters. The Morgan fingerprint density at radius 3 is 2.19 bits per heavy atom. The highest BCUT2D eigenvalue weighted by Gasteiger charge is 2.24. The lowest BCUT2D eigenvalue weighted by Crippen LogP contribution is -2.21. The van der Waals surface area contributed by atoms with Crippen molar-refractivity contribution in [3.05, 3.63) is 62.0 Å². The van der Waals surface area contributed by atoms with Crippen molar-refractivity contribution in [3.63, 3.8) is 0 Å². The lowest BCUT2D eigenvalue weighted by molar-refractivity contribution is 0.403. The zero-order chi connectivity index (χ0) is 15.6. The molecule has 2 aromatic rings. The molecular weight excluding hydrogens is 408 g/mol. The molecule has 0 saturated carbocycles. The van der Waals surface area contributed by atoms with E-state index in [1.165, 1.54) is 19.2 Å². The molecule has 0 aliphatic rings. The van der Waals surface area contributed by atoms with Crippen LogP contribution < -0.4 is 10.1 Å². The summed E-state index contributed by atoms with van der Waals surface area (Å²) in [7, 11) is 3.17. The fraction of sp³-hybridized carbons (Fsp3) is 0.200. The molecule has 0 radical (unpaired) electrons. The monoisotopic (exact) mass is 419 g/mol. The van der Waals surface area contributed by atoms with E-state index in [1.807, 2.05) is 6.07 Å². The molecule has 0 amide bonds. The van der Waals surface area contributed by atoms with Crippen molar-refractivity contribution in [2.75, 3.05) is 14.2 Å². The normalized spacial score (nSPS) is 12.3. The summed E-state index contributed by atoms with van der Waals surface area (Å²) in [5.41, 5.74) is 0.603. The van der Waals surface area contributed by atoms with Gasteiger partial charge in [-0.2, -0.15) is 0 Å². The van der Waals surface area contributed by atoms with E-state index in [-0.39, 0.29) is 5.56 Å². The summed E-state index contributed by atoms with van der Waals surface area (Å²) in [6.45, 7) is 0. The van der Waals surface area contributed by atoms with Gasteiger partial charge >= 0.3 is 0 Å². The molecule has 0 aromatic heterocycles. The highest BCUT2D eigenvalue weighted by Crippen LogP contribution is 2.35. The second-order valence-electron chi connectivity index (χ2n) is 4.39. The molecule has 1 atom stereocenters. The highest BCUT2D eigenvalue weighted by atomic mass is 79.9. The largest absolute Gasteiger partial charge is 0.496 e. The van der Waals surface area contributed by atoms with Crippen LogP contribution in [0.2, 0.25) is 0 Å². The first-order chi connectivity index (χ1) is 9.97. The van der Waals surface area contributed by atoms with Gasteiger partial charge in [-0.15, -0.1) is 0 Å². The average Bonchev–Trinajstić information content (AvgIpc) is 2.42. The number of hydrogen-bond donors (Lipinski definition) is 1. The lowest BCUT2D eigenvalue weighted by atomic mass is 9.97. The fourth-order valence-electron chi connectivity index (χ4n) is 2.22. The molecule has 112 valence electrons. The summed E-state index contributed by atoms with van der Waals surface area (Å²) < 4.78 is 34.9. The van der Waals surface area contributed by atoms with Crippen LogP contribution in [0.25, 0.3) is 0 Å². The van der Waals surface area contributed by atoms with Gasteiger partial charge < -0.3 is 10.1 Å². The fourth-order valence-corrected chi connectivity index (χ4v) is 3.00. The molecule has 2 rings (SSSR count). The van der Waals surface area contributed by atoms with E-state index in [1.54, 1.807) is 19.2 Å². The summed E-state index contributed by atoms with van der Waals surface area (Å²) in [6.07, 6.45) is 0. The van der Waals surface area contributed by atoms with E-state index in [2.05, 4.69) is 37.2 Å². The van der Waals surface area contributed by atoms with Gasteiger partial charge in [-0.25, -0.2) is 8.78 Å². The topological polar surface area (TPSA) is 21.3 Å². The predicted molar refractivity (Wildman–Crippen MR) is 85.7 cm³/mol. The quantitative estimate of drug-likeness (QED) is 0.766. The number of methoxy groups -OCH3 is 1. The number of benzene rings is 2. The number of nitrogens with one attached hydrogen (secondary N) is 1. The number of hydrogen-bond acceptors (Lipinski definition) is 2. The molecular formula is C15H13Br2F2NO. The average molecular weight is 421 g/mol. The number of rotatable bonds is 4. The van der Waals surface area contributed by atoms with E-state index < -0.39 is 17.7 Å². The second-order valence-corrected chi connectivity index (χ2v) is 6.22. The SMILES string of the molecule is CNC(c1cc(Br)ccc1OC)c1c(F)cc(Br)cc1F. The van der Waals surface area contributed by atoms with Gasteiger partial charge in [-0.05, 0) is 37.4 Å². The van der Waals surface area contributed by atoms with Crippen molar-refractivity contribution in [3.8, 4) is 5.75 Å². The van der Waals surface area contributed by atoms with Gasteiger partial charge in [0.05, 0.1) is 13.2 Å². The second kappa shape index (κ2) is 6.85. The van der Waals surface area contributed by atoms with E-state index in [0.29, 0.717) is 15.8 Å². The molecule has 2 nitrogen and oxygen atoms in total. The predicted octanol–water partition coefficient (Wildman–Crippen LogP) is 4.81. The Labute approximate surface area is 138 Å². The van der Waals surface area contributed by atoms with Crippen LogP contribution in [0.15, 0.2) is 39.3 Å². The van der Waals surface area contributed by atoms with Crippen molar-refractivity contribution in [1.29, 1.82) is 0 Å². The number of halogens is 4. The van der Waals surface area contributed by atoms with Gasteiger partial charge in [0.1, 0.15) is 17.4 Å². The van der Waals surface area contributed by atoms with Crippen molar-refractivity contribution in [1.82, 2.24) is 5.32 Å². The molecule has 0 spiro atoms. The molecule has 0 fully saturated rings. The molecule has 2 aromatic carbocycles. The van der Waals surface area contributed by atoms with Crippen molar-refractivity contribution in [2.24, 2.45) is 0 Å². The molecule has 0 bridgehead atoms. The third-order valence-electron chi connectivity index (χ3n) is 3.12. The zero-order valence-electron chi connectivity index (χ0n) is 11.4. The standard InChI is InChI=1S/C15H13Br2F2NO/c1-20-15(10-5-8(16)3-4-13(10)21-2)14-11(18)6-9(17)7-12(14)19/h3-7,15,20H,1-2H3. The van der Waals surface area contributed by atoms with Gasteiger partial charge in [0.25, 0.3) is 0 Å². The van der Waals surface area contributed by atoms with Gasteiger partial charge in [0, 0.05) is 20.1 Å². The maximum atomic E-state index is 14.2. The zero-order valence-corrected chi connectivity index (χ0v) is 14.6. The van der Waals surface area contributed by atoms with Crippen LogP contribution in [0, 0.1) is 11.6 Å². The van der Waals surface area contributed by atoms with Gasteiger partial charge in [-0.3, -0.25) is 0 Å². The smallest absolute Gasteiger partial charge is 0.132 e.